The average molecular weight is 255 g/mol. The van der Waals surface area contributed by atoms with Gasteiger partial charge in [0, 0.05) is 13.2 Å². The Morgan fingerprint density at radius 1 is 1.33 bits per heavy atom. The quantitative estimate of drug-likeness (QED) is 0.657. The van der Waals surface area contributed by atoms with E-state index in [-0.39, 0.29) is 24.0 Å². The van der Waals surface area contributed by atoms with Gasteiger partial charge in [-0.25, -0.2) is 0 Å². The summed E-state index contributed by atoms with van der Waals surface area (Å²) >= 11 is 0. The Hall–Kier alpha value is -1.63. The molecule has 4 N–H and O–H groups in total. The number of aliphatic hydroxyl groups is 1. The molecule has 0 saturated heterocycles. The second-order valence-corrected chi connectivity index (χ2v) is 4.85. The summed E-state index contributed by atoms with van der Waals surface area (Å²) in [5.41, 5.74) is 5.58. The van der Waals surface area contributed by atoms with Gasteiger partial charge in [-0.15, -0.1) is 0 Å². The number of ether oxygens (including phenoxy) is 1. The van der Waals surface area contributed by atoms with Gasteiger partial charge in [0.25, 0.3) is 0 Å². The lowest BCUT2D eigenvalue weighted by Crippen LogP contribution is -2.24. The van der Waals surface area contributed by atoms with Crippen LogP contribution in [0.1, 0.15) is 26.7 Å². The van der Waals surface area contributed by atoms with E-state index < -0.39 is 0 Å². The van der Waals surface area contributed by atoms with Gasteiger partial charge in [-0.1, -0.05) is 13.8 Å². The fraction of sp³-hybridized carbons (Fsp3) is 0.727. The summed E-state index contributed by atoms with van der Waals surface area (Å²) < 4.78 is 4.92. The van der Waals surface area contributed by atoms with Gasteiger partial charge in [-0.2, -0.15) is 15.0 Å². The highest BCUT2D eigenvalue weighted by molar-refractivity contribution is 5.32. The minimum absolute atomic E-state index is 0.0390. The third kappa shape index (κ3) is 4.70. The molecule has 0 radical (unpaired) electrons. The van der Waals surface area contributed by atoms with E-state index in [0.717, 1.165) is 12.8 Å². The zero-order valence-electron chi connectivity index (χ0n) is 11.1. The Balaban J connectivity index is 2.59. The number of nitrogens with zero attached hydrogens (tertiary/aromatic N) is 3. The molecule has 0 amide bonds. The van der Waals surface area contributed by atoms with E-state index in [1.54, 1.807) is 0 Å². The van der Waals surface area contributed by atoms with Crippen LogP contribution < -0.4 is 15.8 Å². The van der Waals surface area contributed by atoms with Crippen molar-refractivity contribution in [2.45, 2.75) is 26.7 Å². The van der Waals surface area contributed by atoms with Crippen LogP contribution in [0.25, 0.3) is 0 Å². The van der Waals surface area contributed by atoms with Gasteiger partial charge in [-0.3, -0.25) is 0 Å². The summed E-state index contributed by atoms with van der Waals surface area (Å²) in [6.45, 7) is 5.10. The van der Waals surface area contributed by atoms with Crippen LogP contribution >= 0.6 is 0 Å². The second kappa shape index (κ2) is 6.34. The number of anilines is 2. The molecule has 0 fully saturated rings. The largest absolute Gasteiger partial charge is 0.467 e. The van der Waals surface area contributed by atoms with Gasteiger partial charge in [0.2, 0.25) is 11.9 Å². The van der Waals surface area contributed by atoms with Gasteiger partial charge < -0.3 is 20.9 Å². The summed E-state index contributed by atoms with van der Waals surface area (Å²) in [5.74, 6) is 0.522. The molecule has 0 saturated carbocycles. The molecule has 7 heteroatoms. The number of aliphatic hydroxyl groups excluding tert-OH is 1. The van der Waals surface area contributed by atoms with Crippen molar-refractivity contribution in [2.24, 2.45) is 5.41 Å². The van der Waals surface area contributed by atoms with E-state index in [1.165, 1.54) is 7.11 Å². The maximum absolute atomic E-state index is 8.83. The van der Waals surface area contributed by atoms with Crippen molar-refractivity contribution >= 4 is 11.9 Å². The van der Waals surface area contributed by atoms with Crippen LogP contribution in [-0.4, -0.2) is 40.3 Å². The molecule has 0 bridgehead atoms. The summed E-state index contributed by atoms with van der Waals surface area (Å²) in [4.78, 5) is 11.8. The predicted octanol–water partition coefficient (Wildman–Crippen LogP) is 0.673. The van der Waals surface area contributed by atoms with E-state index in [1.807, 2.05) is 0 Å². The highest BCUT2D eigenvalue weighted by atomic mass is 16.5. The van der Waals surface area contributed by atoms with Gasteiger partial charge in [0.15, 0.2) is 0 Å². The maximum Gasteiger partial charge on any atom is 0.322 e. The van der Waals surface area contributed by atoms with Crippen LogP contribution in [-0.2, 0) is 0 Å². The molecule has 1 aromatic heterocycles. The van der Waals surface area contributed by atoms with Crippen molar-refractivity contribution < 1.29 is 9.84 Å². The van der Waals surface area contributed by atoms with Crippen molar-refractivity contribution in [3.63, 3.8) is 0 Å². The highest BCUT2D eigenvalue weighted by Crippen LogP contribution is 2.22. The molecule has 1 heterocycles. The molecular weight excluding hydrogens is 234 g/mol. The Labute approximate surface area is 107 Å². The molecule has 1 rings (SSSR count). The summed E-state index contributed by atoms with van der Waals surface area (Å²) in [6, 6.07) is 0.193. The first kappa shape index (κ1) is 14.4. The van der Waals surface area contributed by atoms with Crippen LogP contribution in [0.4, 0.5) is 11.9 Å². The Kier molecular flexibility index (Phi) is 5.08. The molecule has 0 unspecified atom stereocenters. The molecule has 0 spiro atoms. The van der Waals surface area contributed by atoms with E-state index >= 15 is 0 Å². The maximum atomic E-state index is 8.83. The van der Waals surface area contributed by atoms with E-state index in [2.05, 4.69) is 34.1 Å². The minimum Gasteiger partial charge on any atom is -0.467 e. The summed E-state index contributed by atoms with van der Waals surface area (Å²) in [5, 5.41) is 11.9. The lowest BCUT2D eigenvalue weighted by atomic mass is 9.88. The number of nitrogens with one attached hydrogen (secondary N) is 1. The Bertz CT molecular complexity index is 384. The predicted molar refractivity (Wildman–Crippen MR) is 69.4 cm³/mol. The van der Waals surface area contributed by atoms with Crippen LogP contribution in [0.2, 0.25) is 0 Å². The molecule has 0 aliphatic carbocycles. The number of rotatable bonds is 7. The zero-order valence-corrected chi connectivity index (χ0v) is 11.1. The molecule has 0 aliphatic rings. The highest BCUT2D eigenvalue weighted by Gasteiger charge is 2.17. The number of nitrogen functional groups attached to an aromatic ring is 1. The average Bonchev–Trinajstić information content (AvgIpc) is 2.33. The number of methoxy groups -OCH3 is 1. The second-order valence-electron chi connectivity index (χ2n) is 4.85. The molecule has 0 atom stereocenters. The van der Waals surface area contributed by atoms with Crippen LogP contribution in [0.15, 0.2) is 0 Å². The SMILES string of the molecule is COc1nc(N)nc(NCC(C)(C)CCCO)n1. The fourth-order valence-electron chi connectivity index (χ4n) is 1.51. The monoisotopic (exact) mass is 255 g/mol. The Morgan fingerprint density at radius 3 is 2.67 bits per heavy atom. The number of nitrogens with two attached hydrogens (primary N) is 1. The topological polar surface area (TPSA) is 106 Å². The summed E-state index contributed by atoms with van der Waals surface area (Å²) in [7, 11) is 1.48. The number of hydrogen-bond donors (Lipinski definition) is 3. The molecule has 1 aromatic rings. The van der Waals surface area contributed by atoms with Gasteiger partial charge >= 0.3 is 6.01 Å². The van der Waals surface area contributed by atoms with Crippen LogP contribution in [0.3, 0.4) is 0 Å². The molecule has 18 heavy (non-hydrogen) atoms. The van der Waals surface area contributed by atoms with E-state index in [4.69, 9.17) is 15.6 Å². The van der Waals surface area contributed by atoms with Gasteiger partial charge in [0.1, 0.15) is 0 Å². The minimum atomic E-state index is 0.0390. The Morgan fingerprint density at radius 2 is 2.06 bits per heavy atom. The first-order valence-corrected chi connectivity index (χ1v) is 5.87. The number of hydrogen-bond acceptors (Lipinski definition) is 7. The lowest BCUT2D eigenvalue weighted by Gasteiger charge is -2.24. The summed E-state index contributed by atoms with van der Waals surface area (Å²) in [6.07, 6.45) is 1.69. The van der Waals surface area contributed by atoms with Gasteiger partial charge in [-0.05, 0) is 18.3 Å². The molecule has 0 aromatic carbocycles. The molecule has 102 valence electrons. The van der Waals surface area contributed by atoms with Gasteiger partial charge in [0.05, 0.1) is 7.11 Å². The number of aromatic nitrogens is 3. The van der Waals surface area contributed by atoms with E-state index in [9.17, 15) is 0 Å². The first-order chi connectivity index (χ1) is 8.46. The zero-order chi connectivity index (χ0) is 13.6. The van der Waals surface area contributed by atoms with Crippen molar-refractivity contribution in [2.75, 3.05) is 31.3 Å². The first-order valence-electron chi connectivity index (χ1n) is 5.87. The van der Waals surface area contributed by atoms with Crippen LogP contribution in [0.5, 0.6) is 6.01 Å². The third-order valence-electron chi connectivity index (χ3n) is 2.55. The smallest absolute Gasteiger partial charge is 0.322 e. The van der Waals surface area contributed by atoms with Crippen molar-refractivity contribution in [3.8, 4) is 6.01 Å². The third-order valence-corrected chi connectivity index (χ3v) is 2.55. The van der Waals surface area contributed by atoms with Crippen LogP contribution in [0, 0.1) is 5.41 Å². The van der Waals surface area contributed by atoms with Crippen molar-refractivity contribution in [1.29, 1.82) is 0 Å². The fourth-order valence-corrected chi connectivity index (χ4v) is 1.51. The lowest BCUT2D eigenvalue weighted by molar-refractivity contribution is 0.247. The van der Waals surface area contributed by atoms with Crippen molar-refractivity contribution in [1.82, 2.24) is 15.0 Å². The molecule has 0 aliphatic heterocycles. The van der Waals surface area contributed by atoms with Crippen molar-refractivity contribution in [3.05, 3.63) is 0 Å². The van der Waals surface area contributed by atoms with E-state index in [0.29, 0.717) is 12.5 Å². The molecular formula is C11H21N5O2. The standard InChI is InChI=1S/C11H21N5O2/c1-11(2,5-4-6-17)7-13-9-14-8(12)15-10(16-9)18-3/h17H,4-7H2,1-3H3,(H3,12,13,14,15,16). The molecule has 7 nitrogen and oxygen atoms in total. The normalized spacial score (nSPS) is 11.3.